The molecule has 0 spiro atoms. The summed E-state index contributed by atoms with van der Waals surface area (Å²) in [5, 5.41) is 2.08. The monoisotopic (exact) mass is 302 g/mol. The van der Waals surface area contributed by atoms with Crippen LogP contribution in [0.5, 0.6) is 0 Å². The fourth-order valence-corrected chi connectivity index (χ4v) is 3.75. The van der Waals surface area contributed by atoms with E-state index in [0.717, 1.165) is 25.8 Å². The lowest BCUT2D eigenvalue weighted by atomic mass is 9.95. The Morgan fingerprint density at radius 3 is 2.84 bits per heavy atom. The number of amides is 1. The molecule has 1 aromatic heterocycles. The Morgan fingerprint density at radius 1 is 1.53 bits per heavy atom. The van der Waals surface area contributed by atoms with Gasteiger partial charge in [-0.1, -0.05) is 6.42 Å². The van der Waals surface area contributed by atoms with Crippen molar-refractivity contribution in [3.8, 4) is 0 Å². The highest BCUT2D eigenvalue weighted by atomic mass is 35.5. The highest BCUT2D eigenvalue weighted by Crippen LogP contribution is 2.32. The van der Waals surface area contributed by atoms with Crippen molar-refractivity contribution in [1.82, 2.24) is 4.90 Å². The van der Waals surface area contributed by atoms with Gasteiger partial charge >= 0.3 is 0 Å². The summed E-state index contributed by atoms with van der Waals surface area (Å²) >= 11 is 1.73. The smallest absolute Gasteiger partial charge is 0.226 e. The summed E-state index contributed by atoms with van der Waals surface area (Å²) in [5.41, 5.74) is 7.03. The van der Waals surface area contributed by atoms with Gasteiger partial charge in [0, 0.05) is 17.8 Å². The van der Waals surface area contributed by atoms with Crippen molar-refractivity contribution >= 4 is 29.7 Å². The summed E-state index contributed by atoms with van der Waals surface area (Å²) in [7, 11) is 1.91. The van der Waals surface area contributed by atoms with Gasteiger partial charge in [0.2, 0.25) is 5.91 Å². The highest BCUT2D eigenvalue weighted by molar-refractivity contribution is 7.10. The molecule has 1 aliphatic carbocycles. The Hall–Kier alpha value is -0.580. The largest absolute Gasteiger partial charge is 0.340 e. The molecule has 108 valence electrons. The minimum Gasteiger partial charge on any atom is -0.340 e. The second-order valence-corrected chi connectivity index (χ2v) is 6.25. The quantitative estimate of drug-likeness (QED) is 0.929. The molecular formula is C14H23ClN2OS. The molecule has 1 aliphatic rings. The molecule has 2 N–H and O–H groups in total. The van der Waals surface area contributed by atoms with Crippen LogP contribution in [0, 0.1) is 18.8 Å². The number of carbonyl (C=O) groups is 1. The number of thiophene rings is 1. The van der Waals surface area contributed by atoms with E-state index in [2.05, 4.69) is 18.4 Å². The summed E-state index contributed by atoms with van der Waals surface area (Å²) in [5.74, 6) is 0.820. The molecule has 1 heterocycles. The minimum atomic E-state index is 0. The second-order valence-electron chi connectivity index (χ2n) is 5.25. The molecular weight excluding hydrogens is 280 g/mol. The second kappa shape index (κ2) is 7.27. The van der Waals surface area contributed by atoms with Crippen molar-refractivity contribution in [3.05, 3.63) is 21.9 Å². The lowest BCUT2D eigenvalue weighted by Crippen LogP contribution is -2.36. The van der Waals surface area contributed by atoms with Crippen LogP contribution in [0.3, 0.4) is 0 Å². The topological polar surface area (TPSA) is 46.3 Å². The first-order valence-corrected chi connectivity index (χ1v) is 7.49. The number of halogens is 1. The standard InChI is InChI=1S/C14H22N2OS.ClH/c1-10-6-7-18-13(10)9-16(2)14(17)12-5-3-4-11(12)8-15;/h6-7,11-12H,3-5,8-9,15H2,1-2H3;1H/t11-,12-;/m1./s1. The van der Waals surface area contributed by atoms with Crippen molar-refractivity contribution in [1.29, 1.82) is 0 Å². The molecule has 19 heavy (non-hydrogen) atoms. The zero-order valence-electron chi connectivity index (χ0n) is 11.6. The van der Waals surface area contributed by atoms with E-state index in [0.29, 0.717) is 12.5 Å². The normalized spacial score (nSPS) is 22.1. The number of hydrogen-bond donors (Lipinski definition) is 1. The van der Waals surface area contributed by atoms with Crippen LogP contribution in [0.25, 0.3) is 0 Å². The summed E-state index contributed by atoms with van der Waals surface area (Å²) < 4.78 is 0. The Balaban J connectivity index is 0.00000180. The molecule has 1 saturated carbocycles. The molecule has 2 rings (SSSR count). The first-order valence-electron chi connectivity index (χ1n) is 6.61. The van der Waals surface area contributed by atoms with Crippen molar-refractivity contribution in [2.75, 3.05) is 13.6 Å². The van der Waals surface area contributed by atoms with Gasteiger partial charge in [0.25, 0.3) is 0 Å². The average Bonchev–Trinajstić information content (AvgIpc) is 2.97. The van der Waals surface area contributed by atoms with E-state index in [1.807, 2.05) is 11.9 Å². The van der Waals surface area contributed by atoms with E-state index in [4.69, 9.17) is 5.73 Å². The predicted molar refractivity (Wildman–Crippen MR) is 82.7 cm³/mol. The third kappa shape index (κ3) is 3.71. The molecule has 0 aromatic carbocycles. The Kier molecular flexibility index (Phi) is 6.30. The molecule has 0 unspecified atom stereocenters. The first-order chi connectivity index (χ1) is 8.63. The zero-order chi connectivity index (χ0) is 13.1. The molecule has 5 heteroatoms. The van der Waals surface area contributed by atoms with Gasteiger partial charge in [-0.05, 0) is 49.2 Å². The van der Waals surface area contributed by atoms with Gasteiger partial charge in [0.05, 0.1) is 6.54 Å². The van der Waals surface area contributed by atoms with Crippen molar-refractivity contribution in [2.24, 2.45) is 17.6 Å². The van der Waals surface area contributed by atoms with E-state index >= 15 is 0 Å². The SMILES string of the molecule is Cc1ccsc1CN(C)C(=O)[C@@H]1CCC[C@@H]1CN.Cl. The van der Waals surface area contributed by atoms with E-state index in [9.17, 15) is 4.79 Å². The summed E-state index contributed by atoms with van der Waals surface area (Å²) in [4.78, 5) is 15.6. The molecule has 0 bridgehead atoms. The summed E-state index contributed by atoms with van der Waals surface area (Å²) in [6.45, 7) is 3.47. The molecule has 0 saturated heterocycles. The maximum atomic E-state index is 12.4. The van der Waals surface area contributed by atoms with Gasteiger partial charge in [-0.2, -0.15) is 0 Å². The van der Waals surface area contributed by atoms with Crippen LogP contribution in [0.4, 0.5) is 0 Å². The first kappa shape index (κ1) is 16.5. The van der Waals surface area contributed by atoms with E-state index in [-0.39, 0.29) is 24.2 Å². The van der Waals surface area contributed by atoms with Gasteiger partial charge in [0.1, 0.15) is 0 Å². The summed E-state index contributed by atoms with van der Waals surface area (Å²) in [6, 6.07) is 2.11. The Labute approximate surface area is 125 Å². The maximum absolute atomic E-state index is 12.4. The van der Waals surface area contributed by atoms with Gasteiger partial charge in [-0.25, -0.2) is 0 Å². The molecule has 1 aromatic rings. The highest BCUT2D eigenvalue weighted by Gasteiger charge is 2.33. The van der Waals surface area contributed by atoms with Crippen LogP contribution in [-0.2, 0) is 11.3 Å². The van der Waals surface area contributed by atoms with Crippen LogP contribution < -0.4 is 5.73 Å². The molecule has 1 amide bonds. The van der Waals surface area contributed by atoms with Gasteiger partial charge in [-0.15, -0.1) is 23.7 Å². The van der Waals surface area contributed by atoms with E-state index in [1.165, 1.54) is 10.4 Å². The molecule has 0 aliphatic heterocycles. The zero-order valence-corrected chi connectivity index (χ0v) is 13.2. The molecule has 2 atom stereocenters. The van der Waals surface area contributed by atoms with Gasteiger partial charge in [-0.3, -0.25) is 4.79 Å². The third-order valence-electron chi connectivity index (χ3n) is 4.00. The average molecular weight is 303 g/mol. The fraction of sp³-hybridized carbons (Fsp3) is 0.643. The number of hydrogen-bond acceptors (Lipinski definition) is 3. The minimum absolute atomic E-state index is 0. The lowest BCUT2D eigenvalue weighted by molar-refractivity contribution is -0.135. The van der Waals surface area contributed by atoms with Gasteiger partial charge in [0.15, 0.2) is 0 Å². The lowest BCUT2D eigenvalue weighted by Gasteiger charge is -2.24. The van der Waals surface area contributed by atoms with Crippen LogP contribution in [0.2, 0.25) is 0 Å². The number of nitrogens with zero attached hydrogens (tertiary/aromatic N) is 1. The molecule has 1 fully saturated rings. The van der Waals surface area contributed by atoms with Crippen LogP contribution in [-0.4, -0.2) is 24.4 Å². The van der Waals surface area contributed by atoms with Crippen molar-refractivity contribution < 1.29 is 4.79 Å². The predicted octanol–water partition coefficient (Wildman–Crippen LogP) is 2.81. The third-order valence-corrected chi connectivity index (χ3v) is 5.01. The molecule has 3 nitrogen and oxygen atoms in total. The fourth-order valence-electron chi connectivity index (χ4n) is 2.79. The van der Waals surface area contributed by atoms with Crippen LogP contribution >= 0.6 is 23.7 Å². The van der Waals surface area contributed by atoms with E-state index in [1.54, 1.807) is 11.3 Å². The number of aryl methyl sites for hydroxylation is 1. The summed E-state index contributed by atoms with van der Waals surface area (Å²) in [6.07, 6.45) is 3.26. The Morgan fingerprint density at radius 2 is 2.26 bits per heavy atom. The number of nitrogens with two attached hydrogens (primary N) is 1. The maximum Gasteiger partial charge on any atom is 0.226 e. The van der Waals surface area contributed by atoms with Crippen LogP contribution in [0.1, 0.15) is 29.7 Å². The number of carbonyl (C=O) groups excluding carboxylic acids is 1. The van der Waals surface area contributed by atoms with Crippen molar-refractivity contribution in [2.45, 2.75) is 32.7 Å². The van der Waals surface area contributed by atoms with Crippen molar-refractivity contribution in [3.63, 3.8) is 0 Å². The van der Waals surface area contributed by atoms with Gasteiger partial charge < -0.3 is 10.6 Å². The van der Waals surface area contributed by atoms with E-state index < -0.39 is 0 Å². The van der Waals surface area contributed by atoms with Crippen LogP contribution in [0.15, 0.2) is 11.4 Å². The number of rotatable bonds is 4. The molecule has 0 radical (unpaired) electrons. The Bertz CT molecular complexity index is 421.